The molecule has 16 heteroatoms. The molecule has 3 atom stereocenters. The number of nitrogens with one attached hydrogen (secondary N) is 6. The highest BCUT2D eigenvalue weighted by Crippen LogP contribution is 2.38. The molecule has 0 aromatic heterocycles. The third-order valence-corrected chi connectivity index (χ3v) is 11.5. The fourth-order valence-electron chi connectivity index (χ4n) is 8.00. The Balaban J connectivity index is 1.41. The maximum absolute atomic E-state index is 14.7. The van der Waals surface area contributed by atoms with Crippen molar-refractivity contribution in [1.29, 1.82) is 0 Å². The molecule has 1 aliphatic carbocycles. The standard InChI is InChI=1S/C48H62N10O6/c1-2-3-26-53-47(64)58-48(24-22-36(23-25-48)34-15-8-5-9-16-34)45(63)57-40(29-32-13-6-4-7-14-32)44(62)55-38(19-12-27-52-46(50)51)43(61)56-39(42(60)54-31-41(49)59)30-33-20-21-35-17-10-11-18-37(35)28-33/h4-11,13-18,20-21,28,36,38-40H,2-3,12,19,22-27,29-31H2,1H3,(H2,49,59)(H,54,60)(H,55,62)(H,56,61)(H,57,63)(H4,50,51,52)(H2,53,58,64)/t36?,38-,39-,40+,48?/m0/s1. The molecule has 4 aromatic carbocycles. The second-order valence-electron chi connectivity index (χ2n) is 16.4. The number of benzene rings is 4. The van der Waals surface area contributed by atoms with Gasteiger partial charge < -0.3 is 49.1 Å². The molecule has 4 aromatic rings. The Morgan fingerprint density at radius 1 is 0.672 bits per heavy atom. The van der Waals surface area contributed by atoms with E-state index in [1.54, 1.807) is 0 Å². The highest BCUT2D eigenvalue weighted by atomic mass is 16.2. The summed E-state index contributed by atoms with van der Waals surface area (Å²) < 4.78 is 0. The molecule has 1 aliphatic rings. The minimum absolute atomic E-state index is 0.0504. The van der Waals surface area contributed by atoms with Crippen molar-refractivity contribution in [1.82, 2.24) is 31.9 Å². The molecule has 0 bridgehead atoms. The predicted octanol–water partition coefficient (Wildman–Crippen LogP) is 2.93. The van der Waals surface area contributed by atoms with Gasteiger partial charge in [-0.2, -0.15) is 0 Å². The highest BCUT2D eigenvalue weighted by molar-refractivity contribution is 5.97. The largest absolute Gasteiger partial charge is 0.370 e. The molecular weight excluding hydrogens is 813 g/mol. The molecule has 0 unspecified atom stereocenters. The molecule has 0 heterocycles. The zero-order valence-electron chi connectivity index (χ0n) is 36.4. The molecule has 1 fully saturated rings. The van der Waals surface area contributed by atoms with Gasteiger partial charge in [0.05, 0.1) is 6.54 Å². The second kappa shape index (κ2) is 24.0. The van der Waals surface area contributed by atoms with Crippen molar-refractivity contribution < 1.29 is 28.8 Å². The summed E-state index contributed by atoms with van der Waals surface area (Å²) in [5.74, 6) is -3.25. The van der Waals surface area contributed by atoms with Gasteiger partial charge in [0.1, 0.15) is 23.7 Å². The Labute approximate surface area is 374 Å². The average molecular weight is 875 g/mol. The van der Waals surface area contributed by atoms with Crippen LogP contribution in [0.15, 0.2) is 108 Å². The highest BCUT2D eigenvalue weighted by Gasteiger charge is 2.45. The summed E-state index contributed by atoms with van der Waals surface area (Å²) in [6.07, 6.45) is 3.96. The zero-order valence-corrected chi connectivity index (χ0v) is 36.4. The molecule has 1 saturated carbocycles. The number of nitrogens with zero attached hydrogens (tertiary/aromatic N) is 1. The van der Waals surface area contributed by atoms with Crippen LogP contribution in [0.25, 0.3) is 10.8 Å². The van der Waals surface area contributed by atoms with Gasteiger partial charge in [-0.15, -0.1) is 0 Å². The van der Waals surface area contributed by atoms with Crippen LogP contribution < -0.4 is 49.1 Å². The maximum Gasteiger partial charge on any atom is 0.315 e. The molecular formula is C48H62N10O6. The number of fused-ring (bicyclic) bond motifs is 1. The molecule has 16 nitrogen and oxygen atoms in total. The van der Waals surface area contributed by atoms with E-state index in [4.69, 9.17) is 17.2 Å². The van der Waals surface area contributed by atoms with Gasteiger partial charge in [-0.25, -0.2) is 4.79 Å². The summed E-state index contributed by atoms with van der Waals surface area (Å²) in [6, 6.07) is 28.5. The lowest BCUT2D eigenvalue weighted by molar-refractivity contribution is -0.135. The van der Waals surface area contributed by atoms with Gasteiger partial charge in [-0.1, -0.05) is 116 Å². The predicted molar refractivity (Wildman–Crippen MR) is 248 cm³/mol. The topological polar surface area (TPSA) is 265 Å². The Bertz CT molecular complexity index is 2230. The first-order valence-electron chi connectivity index (χ1n) is 22.0. The molecule has 0 radical (unpaired) electrons. The number of primary amides is 1. The molecule has 340 valence electrons. The van der Waals surface area contributed by atoms with E-state index in [1.807, 2.05) is 97.9 Å². The minimum atomic E-state index is -1.33. The lowest BCUT2D eigenvalue weighted by Gasteiger charge is -2.40. The molecule has 5 rings (SSSR count). The molecule has 7 amide bonds. The lowest BCUT2D eigenvalue weighted by Crippen LogP contribution is -2.65. The number of carbonyl (C=O) groups is 6. The third kappa shape index (κ3) is 14.6. The summed E-state index contributed by atoms with van der Waals surface area (Å²) >= 11 is 0. The quantitative estimate of drug-likeness (QED) is 0.0321. The summed E-state index contributed by atoms with van der Waals surface area (Å²) in [5.41, 5.74) is 17.8. The van der Waals surface area contributed by atoms with Crippen LogP contribution in [0.3, 0.4) is 0 Å². The van der Waals surface area contributed by atoms with E-state index in [9.17, 15) is 28.8 Å². The van der Waals surface area contributed by atoms with Crippen LogP contribution in [0.1, 0.15) is 80.9 Å². The van der Waals surface area contributed by atoms with Crippen LogP contribution in [-0.2, 0) is 36.8 Å². The number of aliphatic imine (C=N–C) groups is 1. The van der Waals surface area contributed by atoms with Crippen LogP contribution in [0.4, 0.5) is 4.79 Å². The van der Waals surface area contributed by atoms with Gasteiger partial charge in [-0.05, 0) is 78.3 Å². The van der Waals surface area contributed by atoms with Crippen molar-refractivity contribution in [3.8, 4) is 0 Å². The SMILES string of the molecule is CCCCNC(=O)NC1(C(=O)N[C@H](Cc2ccccc2)C(=O)N[C@@H](CCCN=C(N)N)C(=O)N[C@@H](Cc2ccc3ccccc3c2)C(=O)NCC(N)=O)CCC(c2ccccc2)CC1. The Hall–Kier alpha value is -6.97. The summed E-state index contributed by atoms with van der Waals surface area (Å²) in [6.45, 7) is 2.15. The molecule has 64 heavy (non-hydrogen) atoms. The van der Waals surface area contributed by atoms with Crippen molar-refractivity contribution in [2.45, 2.75) is 101 Å². The van der Waals surface area contributed by atoms with Crippen LogP contribution in [0, 0.1) is 0 Å². The van der Waals surface area contributed by atoms with Crippen LogP contribution in [-0.4, -0.2) is 84.8 Å². The number of unbranched alkanes of at least 4 members (excludes halogenated alkanes) is 1. The van der Waals surface area contributed by atoms with Crippen LogP contribution in [0.2, 0.25) is 0 Å². The van der Waals surface area contributed by atoms with Gasteiger partial charge in [0.2, 0.25) is 29.5 Å². The van der Waals surface area contributed by atoms with Gasteiger partial charge in [0.25, 0.3) is 0 Å². The van der Waals surface area contributed by atoms with E-state index in [0.29, 0.717) is 32.2 Å². The minimum Gasteiger partial charge on any atom is -0.370 e. The number of nitrogens with two attached hydrogens (primary N) is 3. The van der Waals surface area contributed by atoms with E-state index >= 15 is 0 Å². The normalized spacial score (nSPS) is 17.1. The number of hydrogen-bond acceptors (Lipinski definition) is 7. The number of carbonyl (C=O) groups excluding carboxylic acids is 6. The van der Waals surface area contributed by atoms with Crippen molar-refractivity contribution in [3.05, 3.63) is 120 Å². The van der Waals surface area contributed by atoms with Gasteiger partial charge >= 0.3 is 6.03 Å². The van der Waals surface area contributed by atoms with E-state index in [0.717, 1.165) is 40.3 Å². The van der Waals surface area contributed by atoms with Crippen molar-refractivity contribution in [2.75, 3.05) is 19.6 Å². The zero-order chi connectivity index (χ0) is 45.9. The van der Waals surface area contributed by atoms with Gasteiger partial charge in [0, 0.05) is 25.9 Å². The maximum atomic E-state index is 14.7. The summed E-state index contributed by atoms with van der Waals surface area (Å²) in [5, 5.41) is 18.9. The Morgan fingerprint density at radius 2 is 1.28 bits per heavy atom. The average Bonchev–Trinajstić information content (AvgIpc) is 3.29. The molecule has 0 spiro atoms. The van der Waals surface area contributed by atoms with E-state index in [1.165, 1.54) is 0 Å². The molecule has 0 aliphatic heterocycles. The fourth-order valence-corrected chi connectivity index (χ4v) is 8.00. The van der Waals surface area contributed by atoms with Crippen molar-refractivity contribution in [3.63, 3.8) is 0 Å². The Morgan fingerprint density at radius 3 is 1.95 bits per heavy atom. The fraction of sp³-hybridized carbons (Fsp3) is 0.396. The molecule has 12 N–H and O–H groups in total. The number of urea groups is 1. The Kier molecular flexibility index (Phi) is 18.0. The van der Waals surface area contributed by atoms with E-state index in [-0.39, 0.29) is 44.1 Å². The van der Waals surface area contributed by atoms with Gasteiger partial charge in [0.15, 0.2) is 5.96 Å². The first kappa shape index (κ1) is 48.1. The van der Waals surface area contributed by atoms with Crippen LogP contribution in [0.5, 0.6) is 0 Å². The van der Waals surface area contributed by atoms with Crippen molar-refractivity contribution in [2.24, 2.45) is 22.2 Å². The summed E-state index contributed by atoms with van der Waals surface area (Å²) in [4.78, 5) is 86.1. The second-order valence-corrected chi connectivity index (χ2v) is 16.4. The number of amides is 7. The smallest absolute Gasteiger partial charge is 0.315 e. The third-order valence-electron chi connectivity index (χ3n) is 11.5. The van der Waals surface area contributed by atoms with Gasteiger partial charge in [-0.3, -0.25) is 29.0 Å². The van der Waals surface area contributed by atoms with E-state index < -0.39 is 65.8 Å². The van der Waals surface area contributed by atoms with Crippen molar-refractivity contribution >= 4 is 52.3 Å². The van der Waals surface area contributed by atoms with Crippen LogP contribution >= 0.6 is 0 Å². The lowest BCUT2D eigenvalue weighted by atomic mass is 9.73. The van der Waals surface area contributed by atoms with E-state index in [2.05, 4.69) is 49.0 Å². The summed E-state index contributed by atoms with van der Waals surface area (Å²) in [7, 11) is 0. The number of guanidine groups is 1. The first-order valence-corrected chi connectivity index (χ1v) is 22.0. The number of rotatable bonds is 22. The first-order chi connectivity index (χ1) is 30.9. The molecule has 0 saturated heterocycles. The monoisotopic (exact) mass is 874 g/mol. The number of hydrogen-bond donors (Lipinski definition) is 9.